The Kier molecular flexibility index (Phi) is 4.59. The van der Waals surface area contributed by atoms with Crippen molar-refractivity contribution in [3.05, 3.63) is 47.2 Å². The van der Waals surface area contributed by atoms with Gasteiger partial charge in [-0.2, -0.15) is 0 Å². The Balaban J connectivity index is 2.06. The van der Waals surface area contributed by atoms with Crippen LogP contribution in [-0.4, -0.2) is 11.5 Å². The van der Waals surface area contributed by atoms with Gasteiger partial charge in [-0.25, -0.2) is 0 Å². The Morgan fingerprint density at radius 1 is 1.06 bits per heavy atom. The third-order valence-corrected chi connectivity index (χ3v) is 2.98. The highest BCUT2D eigenvalue weighted by molar-refractivity contribution is 9.10. The fourth-order valence-corrected chi connectivity index (χ4v) is 1.84. The van der Waals surface area contributed by atoms with Crippen LogP contribution in [0.15, 0.2) is 47.2 Å². The molecule has 0 aliphatic rings. The van der Waals surface area contributed by atoms with Crippen molar-refractivity contribution in [1.82, 2.24) is 4.98 Å². The monoisotopic (exact) mass is 305 g/mol. The van der Waals surface area contributed by atoms with E-state index in [0.29, 0.717) is 0 Å². The minimum atomic E-state index is 0.962. The Bertz CT molecular complexity index is 497. The van der Waals surface area contributed by atoms with Gasteiger partial charge in [-0.05, 0) is 36.8 Å². The van der Waals surface area contributed by atoms with E-state index < -0.39 is 0 Å². The zero-order valence-corrected chi connectivity index (χ0v) is 11.9. The van der Waals surface area contributed by atoms with Crippen LogP contribution in [0.4, 0.5) is 17.1 Å². The van der Waals surface area contributed by atoms with Crippen molar-refractivity contribution in [2.24, 2.45) is 0 Å². The summed E-state index contributed by atoms with van der Waals surface area (Å²) in [4.78, 5) is 4.22. The standard InChI is InChI=1S/C14H16BrN3/c1-2-7-17-13-8-14(10-16-9-13)18-12-5-3-11(15)4-6-12/h3-6,8-10,17-18H,2,7H2,1H3. The topological polar surface area (TPSA) is 37.0 Å². The maximum absolute atomic E-state index is 4.22. The summed E-state index contributed by atoms with van der Waals surface area (Å²) >= 11 is 3.42. The van der Waals surface area contributed by atoms with Gasteiger partial charge in [0.2, 0.25) is 0 Å². The van der Waals surface area contributed by atoms with Crippen LogP contribution in [0.25, 0.3) is 0 Å². The lowest BCUT2D eigenvalue weighted by atomic mass is 10.3. The molecule has 2 rings (SSSR count). The molecule has 2 aromatic rings. The molecule has 0 unspecified atom stereocenters. The highest BCUT2D eigenvalue weighted by Gasteiger charge is 1.97. The van der Waals surface area contributed by atoms with Gasteiger partial charge in [0.25, 0.3) is 0 Å². The third-order valence-electron chi connectivity index (χ3n) is 2.45. The molecule has 94 valence electrons. The molecule has 3 nitrogen and oxygen atoms in total. The minimum absolute atomic E-state index is 0.962. The predicted octanol–water partition coefficient (Wildman–Crippen LogP) is 4.41. The van der Waals surface area contributed by atoms with Crippen LogP contribution in [0.3, 0.4) is 0 Å². The molecule has 18 heavy (non-hydrogen) atoms. The van der Waals surface area contributed by atoms with Crippen LogP contribution < -0.4 is 10.6 Å². The van der Waals surface area contributed by atoms with Gasteiger partial charge in [0.15, 0.2) is 0 Å². The average Bonchev–Trinajstić information content (AvgIpc) is 2.40. The van der Waals surface area contributed by atoms with Crippen LogP contribution in [0.1, 0.15) is 13.3 Å². The number of anilines is 3. The number of pyridine rings is 1. The number of benzene rings is 1. The molecule has 0 fully saturated rings. The SMILES string of the molecule is CCCNc1cncc(Nc2ccc(Br)cc2)c1. The second kappa shape index (κ2) is 6.40. The Labute approximate surface area is 116 Å². The van der Waals surface area contributed by atoms with E-state index in [1.807, 2.05) is 36.7 Å². The van der Waals surface area contributed by atoms with Crippen LogP contribution in [0.2, 0.25) is 0 Å². The summed E-state index contributed by atoms with van der Waals surface area (Å²) in [5, 5.41) is 6.64. The molecule has 0 amide bonds. The highest BCUT2D eigenvalue weighted by Crippen LogP contribution is 2.20. The number of halogens is 1. The van der Waals surface area contributed by atoms with Crippen molar-refractivity contribution in [1.29, 1.82) is 0 Å². The van der Waals surface area contributed by atoms with Gasteiger partial charge in [-0.3, -0.25) is 4.98 Å². The van der Waals surface area contributed by atoms with Crippen LogP contribution in [-0.2, 0) is 0 Å². The molecule has 4 heteroatoms. The fraction of sp³-hybridized carbons (Fsp3) is 0.214. The molecular weight excluding hydrogens is 290 g/mol. The first-order valence-corrected chi connectivity index (χ1v) is 6.79. The summed E-state index contributed by atoms with van der Waals surface area (Å²) in [5.41, 5.74) is 3.07. The fourth-order valence-electron chi connectivity index (χ4n) is 1.57. The molecule has 0 atom stereocenters. The van der Waals surface area contributed by atoms with Crippen molar-refractivity contribution < 1.29 is 0 Å². The molecule has 1 aromatic heterocycles. The van der Waals surface area contributed by atoms with E-state index in [4.69, 9.17) is 0 Å². The zero-order chi connectivity index (χ0) is 12.8. The minimum Gasteiger partial charge on any atom is -0.384 e. The first-order valence-electron chi connectivity index (χ1n) is 5.99. The molecule has 0 saturated carbocycles. The van der Waals surface area contributed by atoms with E-state index in [9.17, 15) is 0 Å². The van der Waals surface area contributed by atoms with E-state index in [0.717, 1.165) is 34.5 Å². The molecule has 0 spiro atoms. The van der Waals surface area contributed by atoms with Gasteiger partial charge in [-0.15, -0.1) is 0 Å². The maximum Gasteiger partial charge on any atom is 0.0591 e. The number of hydrogen-bond acceptors (Lipinski definition) is 3. The van der Waals surface area contributed by atoms with Gasteiger partial charge >= 0.3 is 0 Å². The number of nitrogens with zero attached hydrogens (tertiary/aromatic N) is 1. The van der Waals surface area contributed by atoms with Crippen molar-refractivity contribution >= 4 is 33.0 Å². The number of rotatable bonds is 5. The average molecular weight is 306 g/mol. The van der Waals surface area contributed by atoms with E-state index >= 15 is 0 Å². The molecule has 0 bridgehead atoms. The summed E-state index contributed by atoms with van der Waals surface area (Å²) in [6.07, 6.45) is 4.76. The molecule has 2 N–H and O–H groups in total. The number of nitrogens with one attached hydrogen (secondary N) is 2. The summed E-state index contributed by atoms with van der Waals surface area (Å²) in [5.74, 6) is 0. The molecule has 0 saturated heterocycles. The molecule has 1 aromatic carbocycles. The van der Waals surface area contributed by atoms with Crippen molar-refractivity contribution in [2.75, 3.05) is 17.2 Å². The van der Waals surface area contributed by atoms with Crippen molar-refractivity contribution in [2.45, 2.75) is 13.3 Å². The third kappa shape index (κ3) is 3.74. The van der Waals surface area contributed by atoms with Crippen molar-refractivity contribution in [3.63, 3.8) is 0 Å². The van der Waals surface area contributed by atoms with E-state index in [2.05, 4.69) is 44.5 Å². The highest BCUT2D eigenvalue weighted by atomic mass is 79.9. The molecular formula is C14H16BrN3. The number of aromatic nitrogens is 1. The van der Waals surface area contributed by atoms with E-state index in [1.165, 1.54) is 0 Å². The summed E-state index contributed by atoms with van der Waals surface area (Å²) in [6, 6.07) is 10.1. The molecule has 0 aliphatic carbocycles. The lowest BCUT2D eigenvalue weighted by Gasteiger charge is -2.09. The number of hydrogen-bond donors (Lipinski definition) is 2. The first-order chi connectivity index (χ1) is 8.78. The second-order valence-electron chi connectivity index (χ2n) is 4.02. The van der Waals surface area contributed by atoms with Gasteiger partial charge in [-0.1, -0.05) is 22.9 Å². The molecule has 0 aliphatic heterocycles. The van der Waals surface area contributed by atoms with Gasteiger partial charge in [0, 0.05) is 16.7 Å². The molecule has 0 radical (unpaired) electrons. The maximum atomic E-state index is 4.22. The van der Waals surface area contributed by atoms with Gasteiger partial charge in [0.05, 0.1) is 23.8 Å². The van der Waals surface area contributed by atoms with E-state index in [1.54, 1.807) is 0 Å². The second-order valence-corrected chi connectivity index (χ2v) is 4.94. The Morgan fingerprint density at radius 2 is 1.78 bits per heavy atom. The summed E-state index contributed by atoms with van der Waals surface area (Å²) in [7, 11) is 0. The van der Waals surface area contributed by atoms with Crippen LogP contribution >= 0.6 is 15.9 Å². The lowest BCUT2D eigenvalue weighted by molar-refractivity contribution is 0.978. The molecule has 1 heterocycles. The van der Waals surface area contributed by atoms with Crippen molar-refractivity contribution in [3.8, 4) is 0 Å². The summed E-state index contributed by atoms with van der Waals surface area (Å²) in [6.45, 7) is 3.10. The quantitative estimate of drug-likeness (QED) is 0.859. The Morgan fingerprint density at radius 3 is 2.50 bits per heavy atom. The summed E-state index contributed by atoms with van der Waals surface area (Å²) < 4.78 is 1.07. The first kappa shape index (κ1) is 12.9. The van der Waals surface area contributed by atoms with E-state index in [-0.39, 0.29) is 0 Å². The Hall–Kier alpha value is -1.55. The smallest absolute Gasteiger partial charge is 0.0591 e. The normalized spacial score (nSPS) is 10.1. The van der Waals surface area contributed by atoms with Gasteiger partial charge < -0.3 is 10.6 Å². The van der Waals surface area contributed by atoms with Gasteiger partial charge in [0.1, 0.15) is 0 Å². The lowest BCUT2D eigenvalue weighted by Crippen LogP contribution is -2.00. The predicted molar refractivity (Wildman–Crippen MR) is 80.4 cm³/mol. The van der Waals surface area contributed by atoms with Crippen LogP contribution in [0.5, 0.6) is 0 Å². The largest absolute Gasteiger partial charge is 0.384 e. The zero-order valence-electron chi connectivity index (χ0n) is 10.3. The van der Waals surface area contributed by atoms with Crippen LogP contribution in [0, 0.1) is 0 Å².